The highest BCUT2D eigenvalue weighted by molar-refractivity contribution is 5.93. The smallest absolute Gasteiger partial charge is 0.310 e. The summed E-state index contributed by atoms with van der Waals surface area (Å²) in [6.45, 7) is 5.39. The predicted octanol–water partition coefficient (Wildman–Crippen LogP) is 5.95. The molecular weight excluding hydrogens is 454 g/mol. The van der Waals surface area contributed by atoms with Gasteiger partial charge < -0.3 is 24.4 Å². The molecule has 0 atom stereocenters. The Balaban J connectivity index is 1.69. The molecule has 1 aromatic heterocycles. The van der Waals surface area contributed by atoms with Crippen LogP contribution in [0.1, 0.15) is 41.9 Å². The topological polar surface area (TPSA) is 83.9 Å². The molecule has 188 valence electrons. The number of fused-ring (bicyclic) bond motifs is 1. The van der Waals surface area contributed by atoms with Crippen molar-refractivity contribution in [2.45, 2.75) is 46.4 Å². The molecule has 3 aromatic carbocycles. The van der Waals surface area contributed by atoms with E-state index in [1.54, 1.807) is 14.0 Å². The van der Waals surface area contributed by atoms with Gasteiger partial charge in [-0.15, -0.1) is 0 Å². The van der Waals surface area contributed by atoms with E-state index in [9.17, 15) is 4.79 Å². The van der Waals surface area contributed by atoms with Gasteiger partial charge in [0.2, 0.25) is 0 Å². The van der Waals surface area contributed by atoms with Crippen LogP contribution in [0.3, 0.4) is 0 Å². The molecule has 2 N–H and O–H groups in total. The zero-order chi connectivity index (χ0) is 25.5. The Bertz CT molecular complexity index is 1340. The maximum absolute atomic E-state index is 12.1. The molecule has 0 amide bonds. The minimum Gasteiger partial charge on any atom is -0.489 e. The number of hydrogen-bond acceptors (Lipinski definition) is 6. The van der Waals surface area contributed by atoms with Crippen molar-refractivity contribution in [2.75, 3.05) is 13.7 Å². The van der Waals surface area contributed by atoms with Gasteiger partial charge in [-0.1, -0.05) is 43.3 Å². The molecule has 0 aliphatic rings. The van der Waals surface area contributed by atoms with Crippen LogP contribution >= 0.6 is 0 Å². The van der Waals surface area contributed by atoms with E-state index in [0.717, 1.165) is 51.0 Å². The van der Waals surface area contributed by atoms with E-state index in [4.69, 9.17) is 24.4 Å². The lowest BCUT2D eigenvalue weighted by Gasteiger charge is -2.14. The Morgan fingerprint density at radius 2 is 1.81 bits per heavy atom. The van der Waals surface area contributed by atoms with E-state index >= 15 is 0 Å². The van der Waals surface area contributed by atoms with Crippen molar-refractivity contribution in [3.63, 3.8) is 0 Å². The third-order valence-corrected chi connectivity index (χ3v) is 6.06. The summed E-state index contributed by atoms with van der Waals surface area (Å²) in [5, 5.41) is 0.988. The average Bonchev–Trinajstić information content (AvgIpc) is 3.30. The van der Waals surface area contributed by atoms with Crippen molar-refractivity contribution >= 4 is 16.9 Å². The molecule has 6 heteroatoms. The van der Waals surface area contributed by atoms with Crippen LogP contribution < -0.4 is 10.5 Å². The Morgan fingerprint density at radius 1 is 0.944 bits per heavy atom. The van der Waals surface area contributed by atoms with Gasteiger partial charge in [-0.05, 0) is 59.9 Å². The van der Waals surface area contributed by atoms with Crippen molar-refractivity contribution in [3.05, 3.63) is 88.7 Å². The molecule has 0 saturated heterocycles. The largest absolute Gasteiger partial charge is 0.489 e. The Hall–Kier alpha value is -3.61. The van der Waals surface area contributed by atoms with E-state index in [2.05, 4.69) is 43.3 Å². The molecule has 0 bridgehead atoms. The number of nitrogens with two attached hydrogens (primary N) is 1. The maximum Gasteiger partial charge on any atom is 0.310 e. The summed E-state index contributed by atoms with van der Waals surface area (Å²) in [7, 11) is 1.65. The number of ether oxygens (including phenoxy) is 3. The summed E-state index contributed by atoms with van der Waals surface area (Å²) in [6.07, 6.45) is 1.10. The second-order valence-corrected chi connectivity index (χ2v) is 8.68. The third kappa shape index (κ3) is 5.96. The Labute approximate surface area is 212 Å². The molecule has 0 fully saturated rings. The van der Waals surface area contributed by atoms with Crippen LogP contribution in [0.5, 0.6) is 5.75 Å². The number of hydrogen-bond donors (Lipinski definition) is 1. The van der Waals surface area contributed by atoms with Gasteiger partial charge >= 0.3 is 5.97 Å². The van der Waals surface area contributed by atoms with Crippen LogP contribution in [0.4, 0.5) is 0 Å². The molecule has 0 aliphatic carbocycles. The van der Waals surface area contributed by atoms with E-state index in [1.807, 2.05) is 24.3 Å². The van der Waals surface area contributed by atoms with Crippen LogP contribution in [0, 0.1) is 0 Å². The van der Waals surface area contributed by atoms with Crippen molar-refractivity contribution < 1.29 is 23.4 Å². The molecule has 0 unspecified atom stereocenters. The number of rotatable bonds is 11. The molecule has 6 nitrogen and oxygen atoms in total. The number of aryl methyl sites for hydroxylation is 1. The lowest BCUT2D eigenvalue weighted by molar-refractivity contribution is -0.142. The molecule has 0 radical (unpaired) electrons. The Kier molecular flexibility index (Phi) is 8.41. The van der Waals surface area contributed by atoms with Crippen molar-refractivity contribution in [1.82, 2.24) is 0 Å². The monoisotopic (exact) mass is 487 g/mol. The first-order valence-electron chi connectivity index (χ1n) is 12.3. The van der Waals surface area contributed by atoms with Crippen molar-refractivity contribution in [3.8, 4) is 16.9 Å². The minimum atomic E-state index is -0.286. The summed E-state index contributed by atoms with van der Waals surface area (Å²) in [5.74, 6) is 1.12. The van der Waals surface area contributed by atoms with Gasteiger partial charge in [0.05, 0.1) is 13.0 Å². The van der Waals surface area contributed by atoms with Gasteiger partial charge in [0, 0.05) is 30.2 Å². The molecule has 0 spiro atoms. The third-order valence-electron chi connectivity index (χ3n) is 6.06. The zero-order valence-corrected chi connectivity index (χ0v) is 21.1. The van der Waals surface area contributed by atoms with Gasteiger partial charge in [0.15, 0.2) is 0 Å². The SMILES string of the molecule is CCOC(=O)Cc1ccc(CN)cc1OCc1cc(-c2cccc(CC)c2)c2oc(COC)cc2c1. The van der Waals surface area contributed by atoms with Crippen LogP contribution in [0.25, 0.3) is 22.1 Å². The highest BCUT2D eigenvalue weighted by Gasteiger charge is 2.15. The number of carbonyl (C=O) groups is 1. The average molecular weight is 488 g/mol. The highest BCUT2D eigenvalue weighted by Crippen LogP contribution is 2.34. The molecule has 0 saturated carbocycles. The summed E-state index contributed by atoms with van der Waals surface area (Å²) in [6, 6.07) is 20.4. The number of carbonyl (C=O) groups excluding carboxylic acids is 1. The summed E-state index contributed by atoms with van der Waals surface area (Å²) >= 11 is 0. The lowest BCUT2D eigenvalue weighted by atomic mass is 9.98. The number of furan rings is 1. The first kappa shape index (κ1) is 25.5. The van der Waals surface area contributed by atoms with Gasteiger partial charge in [0.25, 0.3) is 0 Å². The fraction of sp³-hybridized carbons (Fsp3) is 0.300. The lowest BCUT2D eigenvalue weighted by Crippen LogP contribution is -2.10. The van der Waals surface area contributed by atoms with Crippen LogP contribution in [0.2, 0.25) is 0 Å². The molecule has 1 heterocycles. The summed E-state index contributed by atoms with van der Waals surface area (Å²) in [4.78, 5) is 12.1. The second kappa shape index (κ2) is 11.9. The number of methoxy groups -OCH3 is 1. The van der Waals surface area contributed by atoms with Gasteiger partial charge in [-0.2, -0.15) is 0 Å². The normalized spacial score (nSPS) is 11.1. The van der Waals surface area contributed by atoms with E-state index < -0.39 is 0 Å². The van der Waals surface area contributed by atoms with Crippen LogP contribution in [-0.2, 0) is 46.9 Å². The van der Waals surface area contributed by atoms with Crippen LogP contribution in [-0.4, -0.2) is 19.7 Å². The Morgan fingerprint density at radius 3 is 2.56 bits per heavy atom. The van der Waals surface area contributed by atoms with Gasteiger partial charge in [0.1, 0.15) is 30.3 Å². The molecule has 36 heavy (non-hydrogen) atoms. The van der Waals surface area contributed by atoms with Crippen LogP contribution in [0.15, 0.2) is 65.1 Å². The summed E-state index contributed by atoms with van der Waals surface area (Å²) in [5.41, 5.74) is 12.7. The standard InChI is InChI=1S/C30H33NO5/c1-4-20-7-6-8-23(11-20)27-13-22(12-25-15-26(19-33-3)36-30(25)27)18-35-28-14-21(17-31)9-10-24(28)16-29(32)34-5-2/h6-15H,4-5,16-19,31H2,1-3H3. The first-order valence-corrected chi connectivity index (χ1v) is 12.3. The van der Waals surface area contributed by atoms with E-state index in [0.29, 0.717) is 32.1 Å². The summed E-state index contributed by atoms with van der Waals surface area (Å²) < 4.78 is 22.9. The van der Waals surface area contributed by atoms with Gasteiger partial charge in [-0.25, -0.2) is 0 Å². The molecule has 4 rings (SSSR count). The fourth-order valence-corrected chi connectivity index (χ4v) is 4.27. The van der Waals surface area contributed by atoms with E-state index in [1.165, 1.54) is 5.56 Å². The second-order valence-electron chi connectivity index (χ2n) is 8.68. The molecule has 4 aromatic rings. The van der Waals surface area contributed by atoms with E-state index in [-0.39, 0.29) is 12.4 Å². The molecular formula is C30H33NO5. The van der Waals surface area contributed by atoms with Crippen molar-refractivity contribution in [2.24, 2.45) is 5.73 Å². The highest BCUT2D eigenvalue weighted by atomic mass is 16.5. The zero-order valence-electron chi connectivity index (χ0n) is 21.1. The quantitative estimate of drug-likeness (QED) is 0.263. The van der Waals surface area contributed by atoms with Gasteiger partial charge in [-0.3, -0.25) is 4.79 Å². The minimum absolute atomic E-state index is 0.143. The van der Waals surface area contributed by atoms with Crippen molar-refractivity contribution in [1.29, 1.82) is 0 Å². The first-order chi connectivity index (χ1) is 17.5. The number of benzene rings is 3. The fourth-order valence-electron chi connectivity index (χ4n) is 4.27. The predicted molar refractivity (Wildman–Crippen MR) is 141 cm³/mol. The number of esters is 1. The maximum atomic E-state index is 12.1. The molecule has 0 aliphatic heterocycles.